The van der Waals surface area contributed by atoms with E-state index in [0.717, 1.165) is 12.1 Å². The summed E-state index contributed by atoms with van der Waals surface area (Å²) in [5.41, 5.74) is 0.307. The molecule has 1 heterocycles. The number of nitrogens with one attached hydrogen (secondary N) is 2. The Balaban J connectivity index is 0.00000288. The zero-order valence-electron chi connectivity index (χ0n) is 13.1. The average Bonchev–Trinajstić information content (AvgIpc) is 2.88. The number of nitrogens with zero attached hydrogens (tertiary/aromatic N) is 2. The molecule has 0 unspecified atom stereocenters. The summed E-state index contributed by atoms with van der Waals surface area (Å²) in [6.45, 7) is 2.70. The van der Waals surface area contributed by atoms with Gasteiger partial charge in [0.25, 0.3) is 5.91 Å². The number of carbonyl (C=O) groups excluding carboxylic acids is 1. The number of alkyl halides is 3. The fraction of sp³-hybridized carbons (Fsp3) is 0.333. The molecule has 1 aromatic carbocycles. The molecule has 0 aliphatic rings. The highest BCUT2D eigenvalue weighted by molar-refractivity contribution is 5.95. The van der Waals surface area contributed by atoms with Gasteiger partial charge in [0.05, 0.1) is 28.7 Å². The molecule has 1 amide bonds. The Morgan fingerprint density at radius 2 is 2.00 bits per heavy atom. The van der Waals surface area contributed by atoms with Gasteiger partial charge in [-0.1, -0.05) is 6.07 Å². The van der Waals surface area contributed by atoms with Crippen LogP contribution in [0.2, 0.25) is 0 Å². The maximum atomic E-state index is 12.8. The van der Waals surface area contributed by atoms with E-state index in [1.807, 2.05) is 0 Å². The number of amides is 1. The molecule has 0 bridgehead atoms. The molecule has 0 radical (unpaired) electrons. The summed E-state index contributed by atoms with van der Waals surface area (Å²) in [4.78, 5) is 12.0. The summed E-state index contributed by atoms with van der Waals surface area (Å²) in [6, 6.07) is 4.82. The van der Waals surface area contributed by atoms with Crippen molar-refractivity contribution < 1.29 is 18.0 Å². The van der Waals surface area contributed by atoms with Gasteiger partial charge in [0, 0.05) is 13.1 Å². The highest BCUT2D eigenvalue weighted by Crippen LogP contribution is 2.30. The Hall–Kier alpha value is -2.06. The first kappa shape index (κ1) is 20.0. The Morgan fingerprint density at radius 3 is 2.62 bits per heavy atom. The second-order valence-electron chi connectivity index (χ2n) is 4.96. The van der Waals surface area contributed by atoms with E-state index in [9.17, 15) is 18.0 Å². The second-order valence-corrected chi connectivity index (χ2v) is 4.96. The van der Waals surface area contributed by atoms with Crippen LogP contribution >= 0.6 is 12.4 Å². The molecule has 9 heteroatoms. The number of hydrogen-bond acceptors (Lipinski definition) is 3. The zero-order valence-corrected chi connectivity index (χ0v) is 14.0. The van der Waals surface area contributed by atoms with Crippen LogP contribution < -0.4 is 10.6 Å². The Bertz CT molecular complexity index is 700. The van der Waals surface area contributed by atoms with Crippen molar-refractivity contribution in [2.75, 3.05) is 20.1 Å². The van der Waals surface area contributed by atoms with E-state index >= 15 is 0 Å². The predicted molar refractivity (Wildman–Crippen MR) is 86.8 cm³/mol. The van der Waals surface area contributed by atoms with Crippen molar-refractivity contribution in [3.63, 3.8) is 0 Å². The summed E-state index contributed by atoms with van der Waals surface area (Å²) in [7, 11) is 1.77. The van der Waals surface area contributed by atoms with E-state index in [1.165, 1.54) is 23.0 Å². The Morgan fingerprint density at radius 1 is 1.29 bits per heavy atom. The van der Waals surface area contributed by atoms with E-state index in [1.54, 1.807) is 14.0 Å². The van der Waals surface area contributed by atoms with E-state index in [-0.39, 0.29) is 24.0 Å². The van der Waals surface area contributed by atoms with E-state index in [0.29, 0.717) is 24.3 Å². The molecule has 5 nitrogen and oxygen atoms in total. The minimum atomic E-state index is -4.43. The van der Waals surface area contributed by atoms with Gasteiger partial charge in [-0.3, -0.25) is 4.79 Å². The first-order valence-electron chi connectivity index (χ1n) is 6.99. The molecule has 0 saturated carbocycles. The maximum Gasteiger partial charge on any atom is 0.416 e. The van der Waals surface area contributed by atoms with Crippen molar-refractivity contribution in [1.29, 1.82) is 0 Å². The highest BCUT2D eigenvalue weighted by Gasteiger charge is 2.30. The smallest absolute Gasteiger partial charge is 0.351 e. The molecule has 0 aliphatic heterocycles. The number of benzene rings is 1. The normalized spacial score (nSPS) is 11.0. The monoisotopic (exact) mass is 362 g/mol. The number of aromatic nitrogens is 2. The van der Waals surface area contributed by atoms with Crippen LogP contribution in [0.5, 0.6) is 0 Å². The minimum absolute atomic E-state index is 0. The van der Waals surface area contributed by atoms with Crippen LogP contribution in [0.1, 0.15) is 21.6 Å². The topological polar surface area (TPSA) is 58.9 Å². The fourth-order valence-electron chi connectivity index (χ4n) is 2.10. The van der Waals surface area contributed by atoms with Crippen molar-refractivity contribution in [3.8, 4) is 5.69 Å². The van der Waals surface area contributed by atoms with Crippen LogP contribution in [0.25, 0.3) is 5.69 Å². The van der Waals surface area contributed by atoms with Gasteiger partial charge in [0.15, 0.2) is 0 Å². The molecule has 2 N–H and O–H groups in total. The molecule has 24 heavy (non-hydrogen) atoms. The van der Waals surface area contributed by atoms with E-state index < -0.39 is 11.7 Å². The third kappa shape index (κ3) is 4.48. The quantitative estimate of drug-likeness (QED) is 0.804. The van der Waals surface area contributed by atoms with Gasteiger partial charge in [0.1, 0.15) is 0 Å². The predicted octanol–water partition coefficient (Wildman–Crippen LogP) is 2.57. The molecular weight excluding hydrogens is 345 g/mol. The zero-order chi connectivity index (χ0) is 17.0. The number of likely N-dealkylation sites (N-methyl/N-ethyl adjacent to an activating group) is 1. The standard InChI is InChI=1S/C15H17F3N4O.ClH/c1-10-13(14(23)20-7-6-19-2)9-21-22(10)12-5-3-4-11(8-12)15(16,17)18;/h3-5,8-9,19H,6-7H2,1-2H3,(H,20,23);1H. The molecule has 0 atom stereocenters. The molecule has 0 aliphatic carbocycles. The molecular formula is C15H18ClF3N4O. The van der Waals surface area contributed by atoms with Gasteiger partial charge < -0.3 is 10.6 Å². The van der Waals surface area contributed by atoms with Gasteiger partial charge in [-0.2, -0.15) is 18.3 Å². The summed E-state index contributed by atoms with van der Waals surface area (Å²) in [5, 5.41) is 9.64. The van der Waals surface area contributed by atoms with E-state index in [4.69, 9.17) is 0 Å². The highest BCUT2D eigenvalue weighted by atomic mass is 35.5. The summed E-state index contributed by atoms with van der Waals surface area (Å²) in [5.74, 6) is -0.309. The second kappa shape index (κ2) is 8.16. The first-order chi connectivity index (χ1) is 10.8. The fourth-order valence-corrected chi connectivity index (χ4v) is 2.10. The van der Waals surface area contributed by atoms with Gasteiger partial charge in [-0.25, -0.2) is 4.68 Å². The van der Waals surface area contributed by atoms with Crippen LogP contribution in [0.4, 0.5) is 13.2 Å². The van der Waals surface area contributed by atoms with Gasteiger partial charge in [0.2, 0.25) is 0 Å². The third-order valence-electron chi connectivity index (χ3n) is 3.33. The lowest BCUT2D eigenvalue weighted by Crippen LogP contribution is -2.30. The Labute approximate surface area is 143 Å². The van der Waals surface area contributed by atoms with Crippen LogP contribution in [-0.2, 0) is 6.18 Å². The van der Waals surface area contributed by atoms with Crippen LogP contribution in [0.15, 0.2) is 30.5 Å². The van der Waals surface area contributed by atoms with Crippen LogP contribution in [0, 0.1) is 6.92 Å². The van der Waals surface area contributed by atoms with Gasteiger partial charge >= 0.3 is 6.18 Å². The van der Waals surface area contributed by atoms with Crippen molar-refractivity contribution in [1.82, 2.24) is 20.4 Å². The average molecular weight is 363 g/mol. The molecule has 1 aromatic heterocycles. The first-order valence-corrected chi connectivity index (χ1v) is 6.99. The lowest BCUT2D eigenvalue weighted by molar-refractivity contribution is -0.137. The number of halogens is 4. The lowest BCUT2D eigenvalue weighted by Gasteiger charge is -2.10. The van der Waals surface area contributed by atoms with Crippen molar-refractivity contribution in [2.45, 2.75) is 13.1 Å². The SMILES string of the molecule is CNCCNC(=O)c1cnn(-c2cccc(C(F)(F)F)c2)c1C.Cl. The molecule has 0 spiro atoms. The van der Waals surface area contributed by atoms with Crippen molar-refractivity contribution >= 4 is 18.3 Å². The van der Waals surface area contributed by atoms with Crippen LogP contribution in [-0.4, -0.2) is 35.8 Å². The summed E-state index contributed by atoms with van der Waals surface area (Å²) < 4.78 is 39.7. The third-order valence-corrected chi connectivity index (χ3v) is 3.33. The molecule has 2 rings (SSSR count). The Kier molecular flexibility index (Phi) is 6.80. The minimum Gasteiger partial charge on any atom is -0.351 e. The van der Waals surface area contributed by atoms with Gasteiger partial charge in [-0.15, -0.1) is 12.4 Å². The van der Waals surface area contributed by atoms with Crippen molar-refractivity contribution in [2.24, 2.45) is 0 Å². The van der Waals surface area contributed by atoms with Gasteiger partial charge in [-0.05, 0) is 32.2 Å². The summed E-state index contributed by atoms with van der Waals surface area (Å²) in [6.07, 6.45) is -3.07. The number of carbonyl (C=O) groups is 1. The molecule has 0 saturated heterocycles. The summed E-state index contributed by atoms with van der Waals surface area (Å²) >= 11 is 0. The number of rotatable bonds is 5. The lowest BCUT2D eigenvalue weighted by atomic mass is 10.2. The van der Waals surface area contributed by atoms with E-state index in [2.05, 4.69) is 15.7 Å². The molecule has 0 fully saturated rings. The number of hydrogen-bond donors (Lipinski definition) is 2. The van der Waals surface area contributed by atoms with Crippen molar-refractivity contribution in [3.05, 3.63) is 47.3 Å². The largest absolute Gasteiger partial charge is 0.416 e. The maximum absolute atomic E-state index is 12.8. The molecule has 2 aromatic rings. The molecule has 132 valence electrons. The van der Waals surface area contributed by atoms with Crippen LogP contribution in [0.3, 0.4) is 0 Å².